The number of rotatable bonds is 2. The van der Waals surface area contributed by atoms with E-state index in [1.807, 2.05) is 38.1 Å². The molecule has 4 heteroatoms. The number of aryl methyl sites for hydroxylation is 2. The molecule has 0 heterocycles. The number of nitrogens with one attached hydrogen (secondary N) is 2. The molecule has 0 fully saturated rings. The molecule has 0 unspecified atom stereocenters. The predicted octanol–water partition coefficient (Wildman–Crippen LogP) is 2.88. The zero-order chi connectivity index (χ0) is 14.5. The molecule has 2 amide bonds. The van der Waals surface area contributed by atoms with Gasteiger partial charge in [0, 0.05) is 11.4 Å². The molecule has 0 aliphatic heterocycles. The molecule has 0 spiro atoms. The van der Waals surface area contributed by atoms with Crippen LogP contribution in [0.3, 0.4) is 0 Å². The van der Waals surface area contributed by atoms with Crippen molar-refractivity contribution in [3.05, 3.63) is 59.7 Å². The van der Waals surface area contributed by atoms with Crippen LogP contribution in [-0.2, 0) is 9.59 Å². The third kappa shape index (κ3) is 3.23. The SMILES string of the molecule is Cc1cccc(C)c1NC(=O)C(=O)Nc1ccccc1. The maximum absolute atomic E-state index is 11.9. The van der Waals surface area contributed by atoms with Crippen LogP contribution in [0.5, 0.6) is 0 Å². The molecule has 0 aromatic heterocycles. The van der Waals surface area contributed by atoms with E-state index in [2.05, 4.69) is 10.6 Å². The lowest BCUT2D eigenvalue weighted by Crippen LogP contribution is -2.29. The summed E-state index contributed by atoms with van der Waals surface area (Å²) in [7, 11) is 0. The minimum absolute atomic E-state index is 0.592. The lowest BCUT2D eigenvalue weighted by Gasteiger charge is -2.11. The van der Waals surface area contributed by atoms with Gasteiger partial charge in [0.1, 0.15) is 0 Å². The maximum Gasteiger partial charge on any atom is 0.314 e. The summed E-state index contributed by atoms with van der Waals surface area (Å²) in [6.45, 7) is 3.77. The number of carbonyl (C=O) groups is 2. The molecule has 0 saturated carbocycles. The summed E-state index contributed by atoms with van der Waals surface area (Å²) in [5.74, 6) is -1.36. The molecule has 20 heavy (non-hydrogen) atoms. The topological polar surface area (TPSA) is 58.2 Å². The molecule has 0 aliphatic rings. The van der Waals surface area contributed by atoms with Gasteiger partial charge in [-0.2, -0.15) is 0 Å². The van der Waals surface area contributed by atoms with Crippen LogP contribution >= 0.6 is 0 Å². The molecular weight excluding hydrogens is 252 g/mol. The van der Waals surface area contributed by atoms with Gasteiger partial charge in [0.25, 0.3) is 0 Å². The van der Waals surface area contributed by atoms with E-state index in [9.17, 15) is 9.59 Å². The smallest absolute Gasteiger partial charge is 0.314 e. The second kappa shape index (κ2) is 6.02. The number of hydrogen-bond acceptors (Lipinski definition) is 2. The molecule has 102 valence electrons. The fraction of sp³-hybridized carbons (Fsp3) is 0.125. The highest BCUT2D eigenvalue weighted by Crippen LogP contribution is 2.19. The average molecular weight is 268 g/mol. The Morgan fingerprint density at radius 2 is 1.30 bits per heavy atom. The van der Waals surface area contributed by atoms with Gasteiger partial charge >= 0.3 is 11.8 Å². The average Bonchev–Trinajstić information content (AvgIpc) is 2.44. The quantitative estimate of drug-likeness (QED) is 0.823. The highest BCUT2D eigenvalue weighted by Gasteiger charge is 2.15. The van der Waals surface area contributed by atoms with Crippen LogP contribution in [0, 0.1) is 13.8 Å². The van der Waals surface area contributed by atoms with E-state index in [-0.39, 0.29) is 0 Å². The first-order valence-electron chi connectivity index (χ1n) is 6.31. The van der Waals surface area contributed by atoms with Gasteiger partial charge < -0.3 is 10.6 Å². The highest BCUT2D eigenvalue weighted by atomic mass is 16.2. The van der Waals surface area contributed by atoms with E-state index in [0.717, 1.165) is 11.1 Å². The van der Waals surface area contributed by atoms with Crippen molar-refractivity contribution in [2.45, 2.75) is 13.8 Å². The lowest BCUT2D eigenvalue weighted by molar-refractivity contribution is -0.133. The number of anilines is 2. The van der Waals surface area contributed by atoms with E-state index in [1.54, 1.807) is 24.3 Å². The summed E-state index contributed by atoms with van der Waals surface area (Å²) in [6, 6.07) is 14.6. The van der Waals surface area contributed by atoms with Crippen molar-refractivity contribution in [3.8, 4) is 0 Å². The van der Waals surface area contributed by atoms with Crippen molar-refractivity contribution >= 4 is 23.2 Å². The predicted molar refractivity (Wildman–Crippen MR) is 79.6 cm³/mol. The summed E-state index contributed by atoms with van der Waals surface area (Å²) in [4.78, 5) is 23.7. The van der Waals surface area contributed by atoms with Gasteiger partial charge in [-0.1, -0.05) is 36.4 Å². The van der Waals surface area contributed by atoms with Crippen LogP contribution in [0.1, 0.15) is 11.1 Å². The summed E-state index contributed by atoms with van der Waals surface area (Å²) < 4.78 is 0. The standard InChI is InChI=1S/C16H16N2O2/c1-11-7-6-8-12(2)14(11)18-16(20)15(19)17-13-9-4-3-5-10-13/h3-10H,1-2H3,(H,17,19)(H,18,20). The van der Waals surface area contributed by atoms with E-state index < -0.39 is 11.8 Å². The van der Waals surface area contributed by atoms with Crippen molar-refractivity contribution in [1.82, 2.24) is 0 Å². The monoisotopic (exact) mass is 268 g/mol. The number of para-hydroxylation sites is 2. The molecular formula is C16H16N2O2. The molecule has 0 radical (unpaired) electrons. The minimum atomic E-state index is -0.682. The van der Waals surface area contributed by atoms with Crippen molar-refractivity contribution in [2.24, 2.45) is 0 Å². The van der Waals surface area contributed by atoms with E-state index in [1.165, 1.54) is 0 Å². The second-order valence-electron chi connectivity index (χ2n) is 4.54. The van der Waals surface area contributed by atoms with E-state index in [0.29, 0.717) is 11.4 Å². The first-order chi connectivity index (χ1) is 9.58. The van der Waals surface area contributed by atoms with Gasteiger partial charge in [-0.05, 0) is 37.1 Å². The Labute approximate surface area is 117 Å². The van der Waals surface area contributed by atoms with E-state index in [4.69, 9.17) is 0 Å². The molecule has 4 nitrogen and oxygen atoms in total. The van der Waals surface area contributed by atoms with Gasteiger partial charge in [0.05, 0.1) is 0 Å². The normalized spacial score (nSPS) is 9.90. The Morgan fingerprint density at radius 1 is 0.750 bits per heavy atom. The minimum Gasteiger partial charge on any atom is -0.318 e. The summed E-state index contributed by atoms with van der Waals surface area (Å²) in [6.07, 6.45) is 0. The van der Waals surface area contributed by atoms with Crippen LogP contribution in [0.4, 0.5) is 11.4 Å². The molecule has 0 aliphatic carbocycles. The van der Waals surface area contributed by atoms with Gasteiger partial charge in [0.15, 0.2) is 0 Å². The third-order valence-corrected chi connectivity index (χ3v) is 2.96. The number of carbonyl (C=O) groups excluding carboxylic acids is 2. The van der Waals surface area contributed by atoms with Crippen LogP contribution in [0.25, 0.3) is 0 Å². The number of hydrogen-bond donors (Lipinski definition) is 2. The molecule has 2 rings (SSSR count). The lowest BCUT2D eigenvalue weighted by atomic mass is 10.1. The maximum atomic E-state index is 11.9. The largest absolute Gasteiger partial charge is 0.318 e. The second-order valence-corrected chi connectivity index (χ2v) is 4.54. The van der Waals surface area contributed by atoms with Crippen molar-refractivity contribution in [1.29, 1.82) is 0 Å². The molecule has 2 aromatic rings. The van der Waals surface area contributed by atoms with E-state index >= 15 is 0 Å². The number of amides is 2. The van der Waals surface area contributed by atoms with Crippen LogP contribution in [0.15, 0.2) is 48.5 Å². The van der Waals surface area contributed by atoms with Crippen LogP contribution in [-0.4, -0.2) is 11.8 Å². The van der Waals surface area contributed by atoms with Crippen LogP contribution < -0.4 is 10.6 Å². The highest BCUT2D eigenvalue weighted by molar-refractivity contribution is 6.43. The Morgan fingerprint density at radius 3 is 1.90 bits per heavy atom. The number of benzene rings is 2. The van der Waals surface area contributed by atoms with Crippen molar-refractivity contribution < 1.29 is 9.59 Å². The molecule has 2 aromatic carbocycles. The molecule has 0 atom stereocenters. The Hall–Kier alpha value is -2.62. The first kappa shape index (κ1) is 13.8. The van der Waals surface area contributed by atoms with Crippen molar-refractivity contribution in [2.75, 3.05) is 10.6 Å². The zero-order valence-corrected chi connectivity index (χ0v) is 11.4. The van der Waals surface area contributed by atoms with Gasteiger partial charge in [-0.15, -0.1) is 0 Å². The molecule has 2 N–H and O–H groups in total. The molecule has 0 saturated heterocycles. The Bertz CT molecular complexity index is 616. The van der Waals surface area contributed by atoms with Gasteiger partial charge in [-0.25, -0.2) is 0 Å². The van der Waals surface area contributed by atoms with Gasteiger partial charge in [-0.3, -0.25) is 9.59 Å². The first-order valence-corrected chi connectivity index (χ1v) is 6.31. The fourth-order valence-electron chi connectivity index (χ4n) is 1.89. The van der Waals surface area contributed by atoms with Crippen molar-refractivity contribution in [3.63, 3.8) is 0 Å². The fourth-order valence-corrected chi connectivity index (χ4v) is 1.89. The summed E-state index contributed by atoms with van der Waals surface area (Å²) >= 11 is 0. The zero-order valence-electron chi connectivity index (χ0n) is 11.4. The Kier molecular flexibility index (Phi) is 4.15. The molecule has 0 bridgehead atoms. The van der Waals surface area contributed by atoms with Gasteiger partial charge in [0.2, 0.25) is 0 Å². The Balaban J connectivity index is 2.07. The summed E-state index contributed by atoms with van der Waals surface area (Å²) in [5, 5.41) is 5.20. The summed E-state index contributed by atoms with van der Waals surface area (Å²) in [5.41, 5.74) is 3.12. The third-order valence-electron chi connectivity index (χ3n) is 2.96. The van der Waals surface area contributed by atoms with Crippen LogP contribution in [0.2, 0.25) is 0 Å².